The van der Waals surface area contributed by atoms with Crippen LogP contribution in [-0.4, -0.2) is 39.9 Å². The van der Waals surface area contributed by atoms with Gasteiger partial charge in [0, 0.05) is 18.2 Å². The molecule has 0 aliphatic carbocycles. The smallest absolute Gasteiger partial charge is 0.277 e. The molecule has 0 unspecified atom stereocenters. The van der Waals surface area contributed by atoms with Crippen molar-refractivity contribution in [2.75, 3.05) is 12.9 Å². The van der Waals surface area contributed by atoms with Gasteiger partial charge in [-0.1, -0.05) is 41.0 Å². The maximum absolute atomic E-state index is 12.8. The normalized spacial score (nSPS) is 11.0. The molecule has 3 aromatic rings. The van der Waals surface area contributed by atoms with Crippen molar-refractivity contribution in [1.82, 2.24) is 15.1 Å². The number of hydrogen-bond donors (Lipinski definition) is 0. The Hall–Kier alpha value is -2.22. The summed E-state index contributed by atoms with van der Waals surface area (Å²) >= 11 is 13.3. The van der Waals surface area contributed by atoms with Crippen LogP contribution in [0, 0.1) is 0 Å². The highest BCUT2D eigenvalue weighted by Gasteiger charge is 2.19. The molecule has 0 bridgehead atoms. The standard InChI is InChI=1S/C21H21Cl2N3O3S/c1-13(2)26(11-14-4-9-17(22)18(23)10-14)19(27)12-30-21-25-24-20(29-21)15-5-7-16(28-3)8-6-15/h4-10,13H,11-12H2,1-3H3. The molecule has 0 atom stereocenters. The number of methoxy groups -OCH3 is 1. The number of amides is 1. The summed E-state index contributed by atoms with van der Waals surface area (Å²) < 4.78 is 10.8. The highest BCUT2D eigenvalue weighted by atomic mass is 35.5. The Morgan fingerprint density at radius 1 is 1.13 bits per heavy atom. The minimum atomic E-state index is -0.0368. The molecule has 0 saturated carbocycles. The Morgan fingerprint density at radius 2 is 1.87 bits per heavy atom. The molecule has 0 aliphatic rings. The fraction of sp³-hybridized carbons (Fsp3) is 0.286. The number of halogens is 2. The van der Waals surface area contributed by atoms with E-state index in [0.717, 1.165) is 16.9 Å². The van der Waals surface area contributed by atoms with E-state index in [0.29, 0.717) is 27.7 Å². The fourth-order valence-corrected chi connectivity index (χ4v) is 3.69. The zero-order valence-corrected chi connectivity index (χ0v) is 19.1. The molecule has 0 spiro atoms. The third-order valence-electron chi connectivity index (χ3n) is 4.34. The second kappa shape index (κ2) is 10.2. The van der Waals surface area contributed by atoms with E-state index in [-0.39, 0.29) is 17.7 Å². The first-order chi connectivity index (χ1) is 14.4. The summed E-state index contributed by atoms with van der Waals surface area (Å²) in [5, 5.41) is 9.38. The second-order valence-corrected chi connectivity index (χ2v) is 8.50. The minimum absolute atomic E-state index is 0.0186. The molecule has 6 nitrogen and oxygen atoms in total. The van der Waals surface area contributed by atoms with Gasteiger partial charge in [-0.2, -0.15) is 0 Å². The number of rotatable bonds is 8. The molecule has 0 saturated heterocycles. The summed E-state index contributed by atoms with van der Waals surface area (Å²) in [6.45, 7) is 4.37. The Labute approximate surface area is 189 Å². The van der Waals surface area contributed by atoms with Gasteiger partial charge in [0.15, 0.2) is 0 Å². The van der Waals surface area contributed by atoms with Crippen LogP contribution in [0.4, 0.5) is 0 Å². The van der Waals surface area contributed by atoms with Crippen molar-refractivity contribution in [3.8, 4) is 17.2 Å². The molecule has 2 aromatic carbocycles. The van der Waals surface area contributed by atoms with Gasteiger partial charge >= 0.3 is 0 Å². The number of carbonyl (C=O) groups excluding carboxylic acids is 1. The maximum atomic E-state index is 12.8. The summed E-state index contributed by atoms with van der Waals surface area (Å²) in [5.41, 5.74) is 1.70. The lowest BCUT2D eigenvalue weighted by Gasteiger charge is -2.26. The molecular weight excluding hydrogens is 445 g/mol. The van der Waals surface area contributed by atoms with Crippen LogP contribution in [0.25, 0.3) is 11.5 Å². The fourth-order valence-electron chi connectivity index (χ4n) is 2.72. The van der Waals surface area contributed by atoms with E-state index in [4.69, 9.17) is 32.4 Å². The summed E-state index contributed by atoms with van der Waals surface area (Å²) in [6.07, 6.45) is 0. The summed E-state index contributed by atoms with van der Waals surface area (Å²) in [5.74, 6) is 1.28. The largest absolute Gasteiger partial charge is 0.497 e. The van der Waals surface area contributed by atoms with Crippen LogP contribution >= 0.6 is 35.0 Å². The van der Waals surface area contributed by atoms with E-state index in [1.54, 1.807) is 24.1 Å². The van der Waals surface area contributed by atoms with Gasteiger partial charge in [0.1, 0.15) is 5.75 Å². The molecule has 0 aliphatic heterocycles. The Bertz CT molecular complexity index is 1010. The van der Waals surface area contributed by atoms with E-state index in [2.05, 4.69) is 10.2 Å². The summed E-state index contributed by atoms with van der Waals surface area (Å²) in [6, 6.07) is 12.7. The van der Waals surface area contributed by atoms with Crippen LogP contribution in [-0.2, 0) is 11.3 Å². The number of hydrogen-bond acceptors (Lipinski definition) is 6. The predicted octanol–water partition coefficient (Wildman–Crippen LogP) is 5.58. The Morgan fingerprint density at radius 3 is 2.50 bits per heavy atom. The number of thioether (sulfide) groups is 1. The van der Waals surface area contributed by atoms with Gasteiger partial charge in [0.2, 0.25) is 11.8 Å². The first-order valence-corrected chi connectivity index (χ1v) is 11.0. The highest BCUT2D eigenvalue weighted by molar-refractivity contribution is 7.99. The van der Waals surface area contributed by atoms with Crippen LogP contribution in [0.1, 0.15) is 19.4 Å². The number of carbonyl (C=O) groups is 1. The summed E-state index contributed by atoms with van der Waals surface area (Å²) in [7, 11) is 1.61. The molecule has 0 radical (unpaired) electrons. The third kappa shape index (κ3) is 5.68. The van der Waals surface area contributed by atoms with Crippen LogP contribution in [0.2, 0.25) is 10.0 Å². The highest BCUT2D eigenvalue weighted by Crippen LogP contribution is 2.26. The number of aromatic nitrogens is 2. The van der Waals surface area contributed by atoms with Crippen molar-refractivity contribution in [2.45, 2.75) is 31.7 Å². The van der Waals surface area contributed by atoms with Crippen molar-refractivity contribution in [3.05, 3.63) is 58.1 Å². The van der Waals surface area contributed by atoms with Gasteiger partial charge < -0.3 is 14.1 Å². The number of ether oxygens (including phenoxy) is 1. The molecule has 0 fully saturated rings. The maximum Gasteiger partial charge on any atom is 0.277 e. The van der Waals surface area contributed by atoms with Crippen LogP contribution < -0.4 is 4.74 Å². The molecule has 158 valence electrons. The van der Waals surface area contributed by atoms with Crippen LogP contribution in [0.15, 0.2) is 52.1 Å². The van der Waals surface area contributed by atoms with Crippen molar-refractivity contribution in [2.24, 2.45) is 0 Å². The lowest BCUT2D eigenvalue weighted by atomic mass is 10.2. The lowest BCUT2D eigenvalue weighted by Crippen LogP contribution is -2.37. The SMILES string of the molecule is COc1ccc(-c2nnc(SCC(=O)N(Cc3ccc(Cl)c(Cl)c3)C(C)C)o2)cc1. The van der Waals surface area contributed by atoms with Gasteiger partial charge in [0.25, 0.3) is 5.22 Å². The van der Waals surface area contributed by atoms with Gasteiger partial charge in [-0.15, -0.1) is 10.2 Å². The summed E-state index contributed by atoms with van der Waals surface area (Å²) in [4.78, 5) is 14.6. The van der Waals surface area contributed by atoms with Crippen molar-refractivity contribution in [3.63, 3.8) is 0 Å². The minimum Gasteiger partial charge on any atom is -0.497 e. The van der Waals surface area contributed by atoms with Crippen LogP contribution in [0.3, 0.4) is 0 Å². The lowest BCUT2D eigenvalue weighted by molar-refractivity contribution is -0.130. The molecule has 1 amide bonds. The van der Waals surface area contributed by atoms with Crippen molar-refractivity contribution >= 4 is 40.9 Å². The van der Waals surface area contributed by atoms with Gasteiger partial charge in [-0.05, 0) is 55.8 Å². The van der Waals surface area contributed by atoms with Crippen LogP contribution in [0.5, 0.6) is 5.75 Å². The molecule has 3 rings (SSSR count). The van der Waals surface area contributed by atoms with E-state index >= 15 is 0 Å². The van der Waals surface area contributed by atoms with E-state index in [1.165, 1.54) is 11.8 Å². The third-order valence-corrected chi connectivity index (χ3v) is 5.89. The molecule has 0 N–H and O–H groups in total. The zero-order valence-electron chi connectivity index (χ0n) is 16.8. The monoisotopic (exact) mass is 465 g/mol. The average molecular weight is 466 g/mol. The molecule has 9 heteroatoms. The van der Waals surface area contributed by atoms with Gasteiger partial charge in [-0.3, -0.25) is 4.79 Å². The molecular formula is C21H21Cl2N3O3S. The molecule has 30 heavy (non-hydrogen) atoms. The Balaban J connectivity index is 1.62. The number of nitrogens with zero attached hydrogens (tertiary/aromatic N) is 3. The van der Waals surface area contributed by atoms with Crippen molar-refractivity contribution < 1.29 is 13.9 Å². The van der Waals surface area contributed by atoms with E-state index in [9.17, 15) is 4.79 Å². The zero-order chi connectivity index (χ0) is 21.7. The van der Waals surface area contributed by atoms with Gasteiger partial charge in [0.05, 0.1) is 22.9 Å². The Kier molecular flexibility index (Phi) is 7.64. The van der Waals surface area contributed by atoms with E-state index < -0.39 is 0 Å². The predicted molar refractivity (Wildman–Crippen MR) is 119 cm³/mol. The quantitative estimate of drug-likeness (QED) is 0.404. The van der Waals surface area contributed by atoms with Crippen molar-refractivity contribution in [1.29, 1.82) is 0 Å². The molecule has 1 aromatic heterocycles. The second-order valence-electron chi connectivity index (χ2n) is 6.75. The number of benzene rings is 2. The topological polar surface area (TPSA) is 68.5 Å². The average Bonchev–Trinajstić information content (AvgIpc) is 3.21. The van der Waals surface area contributed by atoms with Gasteiger partial charge in [-0.25, -0.2) is 0 Å². The molecule has 1 heterocycles. The first-order valence-electron chi connectivity index (χ1n) is 9.21. The van der Waals surface area contributed by atoms with E-state index in [1.807, 2.05) is 44.2 Å². The first kappa shape index (κ1) is 22.5.